The molecule has 2 unspecified atom stereocenters. The molecule has 3 heterocycles. The highest BCUT2D eigenvalue weighted by Crippen LogP contribution is 2.35. The summed E-state index contributed by atoms with van der Waals surface area (Å²) < 4.78 is 34.0. The van der Waals surface area contributed by atoms with Crippen LogP contribution >= 0.6 is 9.24 Å². The second kappa shape index (κ2) is 14.3. The number of ether oxygens (including phenoxy) is 1. The maximum absolute atomic E-state index is 15.2. The maximum atomic E-state index is 15.2. The summed E-state index contributed by atoms with van der Waals surface area (Å²) in [5.41, 5.74) is 8.00. The average Bonchev–Trinajstić information content (AvgIpc) is 3.42. The molecule has 4 N–H and O–H groups in total. The van der Waals surface area contributed by atoms with Crippen molar-refractivity contribution in [3.63, 3.8) is 0 Å². The van der Waals surface area contributed by atoms with Crippen molar-refractivity contribution in [2.45, 2.75) is 59.2 Å². The number of aliphatic hydroxyl groups is 1. The normalized spacial score (nSPS) is 15.7. The van der Waals surface area contributed by atoms with Gasteiger partial charge in [0.15, 0.2) is 5.69 Å². The van der Waals surface area contributed by atoms with Gasteiger partial charge in [0.25, 0.3) is 5.91 Å². The second-order valence-corrected chi connectivity index (χ2v) is 11.3. The Morgan fingerprint density at radius 1 is 1.25 bits per heavy atom. The highest BCUT2D eigenvalue weighted by atomic mass is 31.0. The summed E-state index contributed by atoms with van der Waals surface area (Å²) in [7, 11) is 1.82. The number of aryl methyl sites for hydroxylation is 2. The van der Waals surface area contributed by atoms with E-state index in [4.69, 9.17) is 10.5 Å². The third-order valence-corrected chi connectivity index (χ3v) is 7.82. The highest BCUT2D eigenvalue weighted by molar-refractivity contribution is 7.16. The Kier molecular flexibility index (Phi) is 10.7. The number of aliphatic hydroxyl groups excluding tert-OH is 1. The van der Waals surface area contributed by atoms with E-state index in [9.17, 15) is 19.1 Å². The van der Waals surface area contributed by atoms with Gasteiger partial charge in [-0.2, -0.15) is 4.39 Å². The lowest BCUT2D eigenvalue weighted by molar-refractivity contribution is -0.117. The van der Waals surface area contributed by atoms with E-state index < -0.39 is 24.4 Å². The first-order valence-corrected chi connectivity index (χ1v) is 14.9. The van der Waals surface area contributed by atoms with E-state index in [1.54, 1.807) is 11.1 Å². The van der Waals surface area contributed by atoms with Crippen LogP contribution < -0.4 is 20.7 Å². The molecule has 1 aromatic carbocycles. The molecule has 10 nitrogen and oxygen atoms in total. The van der Waals surface area contributed by atoms with Gasteiger partial charge in [0.05, 0.1) is 29.8 Å². The molecule has 1 saturated heterocycles. The summed E-state index contributed by atoms with van der Waals surface area (Å²) >= 11 is 0. The predicted octanol–water partition coefficient (Wildman–Crippen LogP) is 4.43. The first kappa shape index (κ1) is 33.0. The SMILES string of the molecule is Cc1cc([C@@H](C)[C@H](C)/C=C(\CN)NC(=O)c2nc(-c3c(OC(F)P)ccc(C)c3F)cnc2CO)cnc1N1CCCC1=O. The number of hydrogen-bond donors (Lipinski definition) is 3. The van der Waals surface area contributed by atoms with Gasteiger partial charge in [-0.15, -0.1) is 0 Å². The van der Waals surface area contributed by atoms with E-state index in [0.717, 1.165) is 17.5 Å². The van der Waals surface area contributed by atoms with E-state index in [0.29, 0.717) is 24.5 Å². The Labute approximate surface area is 257 Å². The number of allylic oxidation sites excluding steroid dienone is 1. The maximum Gasteiger partial charge on any atom is 0.276 e. The number of hydrogen-bond acceptors (Lipinski definition) is 8. The van der Waals surface area contributed by atoms with E-state index in [-0.39, 0.29) is 58.2 Å². The van der Waals surface area contributed by atoms with Crippen molar-refractivity contribution in [1.29, 1.82) is 0 Å². The first-order valence-electron chi connectivity index (χ1n) is 14.3. The molecule has 234 valence electrons. The van der Waals surface area contributed by atoms with Gasteiger partial charge in [0.2, 0.25) is 12.0 Å². The number of nitrogens with one attached hydrogen (secondary N) is 1. The molecule has 0 radical (unpaired) electrons. The number of rotatable bonds is 11. The van der Waals surface area contributed by atoms with Crippen LogP contribution in [0.2, 0.25) is 0 Å². The average molecular weight is 627 g/mol. The first-order chi connectivity index (χ1) is 20.9. The Hall–Kier alpha value is -3.86. The number of carbonyl (C=O) groups excluding carboxylic acids is 2. The van der Waals surface area contributed by atoms with Crippen molar-refractivity contribution < 1.29 is 28.2 Å². The number of alkyl halides is 1. The Morgan fingerprint density at radius 2 is 2.00 bits per heavy atom. The van der Waals surface area contributed by atoms with Crippen LogP contribution in [0.5, 0.6) is 5.75 Å². The van der Waals surface area contributed by atoms with Gasteiger partial charge >= 0.3 is 0 Å². The molecule has 44 heavy (non-hydrogen) atoms. The minimum absolute atomic E-state index is 0.00574. The van der Waals surface area contributed by atoms with E-state index in [2.05, 4.69) is 20.3 Å². The zero-order chi connectivity index (χ0) is 32.1. The number of benzene rings is 1. The summed E-state index contributed by atoms with van der Waals surface area (Å²) in [5.74, 6) is -0.895. The molecule has 4 rings (SSSR count). The lowest BCUT2D eigenvalue weighted by Gasteiger charge is -2.22. The molecule has 1 aliphatic heterocycles. The number of carbonyl (C=O) groups is 2. The van der Waals surface area contributed by atoms with Crippen LogP contribution in [0.25, 0.3) is 11.3 Å². The van der Waals surface area contributed by atoms with Crippen molar-refractivity contribution in [2.75, 3.05) is 18.0 Å². The van der Waals surface area contributed by atoms with Crippen LogP contribution in [0.4, 0.5) is 14.6 Å². The quantitative estimate of drug-likeness (QED) is 0.265. The van der Waals surface area contributed by atoms with E-state index in [1.807, 2.05) is 42.2 Å². The molecular weight excluding hydrogens is 589 g/mol. The van der Waals surface area contributed by atoms with Gasteiger partial charge in [-0.1, -0.05) is 41.3 Å². The van der Waals surface area contributed by atoms with Crippen LogP contribution in [0.1, 0.15) is 65.5 Å². The topological polar surface area (TPSA) is 144 Å². The predicted molar refractivity (Wildman–Crippen MR) is 166 cm³/mol. The number of anilines is 1. The molecule has 3 aromatic rings. The molecular formula is C31H37F2N6O4P. The Morgan fingerprint density at radius 3 is 2.61 bits per heavy atom. The Bertz CT molecular complexity index is 1580. The summed E-state index contributed by atoms with van der Waals surface area (Å²) in [4.78, 5) is 40.3. The molecule has 0 aliphatic carbocycles. The zero-order valence-corrected chi connectivity index (χ0v) is 26.3. The van der Waals surface area contributed by atoms with E-state index in [1.165, 1.54) is 25.3 Å². The van der Waals surface area contributed by atoms with Crippen LogP contribution in [0, 0.1) is 25.6 Å². The molecule has 1 fully saturated rings. The highest BCUT2D eigenvalue weighted by Gasteiger charge is 2.26. The molecule has 1 aliphatic rings. The zero-order valence-electron chi connectivity index (χ0n) is 25.1. The van der Waals surface area contributed by atoms with Gasteiger partial charge in [-0.05, 0) is 54.9 Å². The largest absolute Gasteiger partial charge is 0.457 e. The van der Waals surface area contributed by atoms with Crippen molar-refractivity contribution in [1.82, 2.24) is 20.3 Å². The summed E-state index contributed by atoms with van der Waals surface area (Å²) in [6.45, 7) is 7.52. The molecule has 4 atom stereocenters. The van der Waals surface area contributed by atoms with Crippen molar-refractivity contribution in [3.8, 4) is 17.0 Å². The standard InChI is InChI=1S/C31H37F2N6O4P/c1-16-7-8-24(43-31(33)44)26(27(16)32)22-14-35-23(15-40)28(38-22)30(42)37-21(12-34)11-17(2)19(4)20-10-18(3)29(36-13-20)39-9-5-6-25(39)41/h7-8,10-11,13-14,17,19,31,40H,5-6,9,12,15,34,44H2,1-4H3,(H,37,42)/b21-11+/t17-,19+,31?/m1/s1. The fourth-order valence-electron chi connectivity index (χ4n) is 5.08. The fourth-order valence-corrected chi connectivity index (χ4v) is 5.22. The van der Waals surface area contributed by atoms with Crippen LogP contribution in [0.15, 0.2) is 42.4 Å². The lowest BCUT2D eigenvalue weighted by Crippen LogP contribution is -2.30. The second-order valence-electron chi connectivity index (χ2n) is 10.8. The third kappa shape index (κ3) is 7.26. The minimum atomic E-state index is -1.81. The fraction of sp³-hybridized carbons (Fsp3) is 0.387. The summed E-state index contributed by atoms with van der Waals surface area (Å²) in [6.07, 6.45) is 4.32. The van der Waals surface area contributed by atoms with Crippen molar-refractivity contribution >= 4 is 26.9 Å². The molecule has 2 amide bonds. The number of amides is 2. The van der Waals surface area contributed by atoms with E-state index >= 15 is 4.39 Å². The van der Waals surface area contributed by atoms with Gasteiger partial charge < -0.3 is 20.9 Å². The smallest absolute Gasteiger partial charge is 0.276 e. The molecule has 0 saturated carbocycles. The van der Waals surface area contributed by atoms with Gasteiger partial charge in [-0.25, -0.2) is 14.4 Å². The number of halogens is 2. The number of pyridine rings is 1. The number of nitrogens with zero attached hydrogens (tertiary/aromatic N) is 4. The number of aromatic nitrogens is 3. The monoisotopic (exact) mass is 626 g/mol. The minimum Gasteiger partial charge on any atom is -0.457 e. The van der Waals surface area contributed by atoms with Gasteiger partial charge in [0.1, 0.15) is 17.4 Å². The van der Waals surface area contributed by atoms with Crippen molar-refractivity contribution in [2.24, 2.45) is 11.7 Å². The number of nitrogens with two attached hydrogens (primary N) is 1. The van der Waals surface area contributed by atoms with Crippen molar-refractivity contribution in [3.05, 3.63) is 76.3 Å². The lowest BCUT2D eigenvalue weighted by atomic mass is 9.88. The van der Waals surface area contributed by atoms with Gasteiger partial charge in [0, 0.05) is 31.4 Å². The summed E-state index contributed by atoms with van der Waals surface area (Å²) in [6, 6.07) is 4.86. The Balaban J connectivity index is 1.58. The molecule has 0 bridgehead atoms. The van der Waals surface area contributed by atoms with Crippen LogP contribution in [-0.2, 0) is 11.4 Å². The van der Waals surface area contributed by atoms with Crippen LogP contribution in [-0.4, -0.2) is 51.1 Å². The third-order valence-electron chi connectivity index (χ3n) is 7.68. The molecule has 0 spiro atoms. The molecule has 13 heteroatoms. The van der Waals surface area contributed by atoms with Crippen LogP contribution in [0.3, 0.4) is 0 Å². The molecule has 2 aromatic heterocycles. The summed E-state index contributed by atoms with van der Waals surface area (Å²) in [5, 5.41) is 12.6. The van der Waals surface area contributed by atoms with Gasteiger partial charge in [-0.3, -0.25) is 19.5 Å².